The number of hydrogen-bond donors (Lipinski definition) is 1. The molecule has 0 atom stereocenters. The standard InChI is InChI=1S/C15H13FN2O2S/c1-10-6-11(8-17)2-3-12(10)9-21(19,20)15-5-4-13(18)7-14(15)16/h2-7H,9,18H2,1H3. The van der Waals surface area contributed by atoms with Gasteiger partial charge in [0.25, 0.3) is 0 Å². The van der Waals surface area contributed by atoms with Gasteiger partial charge in [-0.25, -0.2) is 12.8 Å². The predicted molar refractivity (Wildman–Crippen MR) is 77.6 cm³/mol. The van der Waals surface area contributed by atoms with E-state index in [0.29, 0.717) is 16.7 Å². The normalized spacial score (nSPS) is 11.1. The molecule has 2 aromatic carbocycles. The summed E-state index contributed by atoms with van der Waals surface area (Å²) in [6.07, 6.45) is 0. The van der Waals surface area contributed by atoms with Gasteiger partial charge in [0.1, 0.15) is 10.7 Å². The quantitative estimate of drug-likeness (QED) is 0.883. The number of nitrogens with zero attached hydrogens (tertiary/aromatic N) is 1. The molecular weight excluding hydrogens is 291 g/mol. The summed E-state index contributed by atoms with van der Waals surface area (Å²) < 4.78 is 38.4. The van der Waals surface area contributed by atoms with Crippen molar-refractivity contribution >= 4 is 15.5 Å². The lowest BCUT2D eigenvalue weighted by atomic mass is 10.1. The monoisotopic (exact) mass is 304 g/mol. The summed E-state index contributed by atoms with van der Waals surface area (Å²) in [7, 11) is -3.82. The van der Waals surface area contributed by atoms with E-state index in [9.17, 15) is 12.8 Å². The maximum atomic E-state index is 13.8. The number of nitrogen functional groups attached to an aromatic ring is 1. The first-order valence-electron chi connectivity index (χ1n) is 6.11. The van der Waals surface area contributed by atoms with Crippen molar-refractivity contribution in [1.82, 2.24) is 0 Å². The maximum absolute atomic E-state index is 13.8. The molecule has 6 heteroatoms. The van der Waals surface area contributed by atoms with Crippen LogP contribution in [0.1, 0.15) is 16.7 Å². The minimum atomic E-state index is -3.82. The van der Waals surface area contributed by atoms with Crippen molar-refractivity contribution in [3.63, 3.8) is 0 Å². The maximum Gasteiger partial charge on any atom is 0.185 e. The fraction of sp³-hybridized carbons (Fsp3) is 0.133. The Hall–Kier alpha value is -2.39. The number of aryl methyl sites for hydroxylation is 1. The smallest absolute Gasteiger partial charge is 0.185 e. The van der Waals surface area contributed by atoms with Crippen molar-refractivity contribution < 1.29 is 12.8 Å². The molecule has 0 aliphatic carbocycles. The number of hydrogen-bond acceptors (Lipinski definition) is 4. The molecule has 0 aliphatic rings. The summed E-state index contributed by atoms with van der Waals surface area (Å²) in [5.74, 6) is -1.19. The molecule has 4 nitrogen and oxygen atoms in total. The van der Waals surface area contributed by atoms with E-state index in [0.717, 1.165) is 6.07 Å². The molecule has 2 N–H and O–H groups in total. The second-order valence-electron chi connectivity index (χ2n) is 4.70. The Balaban J connectivity index is 2.40. The number of nitrogens with two attached hydrogens (primary N) is 1. The number of anilines is 1. The van der Waals surface area contributed by atoms with Crippen LogP contribution in [0.5, 0.6) is 0 Å². The molecular formula is C15H13FN2O2S. The molecule has 0 amide bonds. The second kappa shape index (κ2) is 5.54. The first kappa shape index (κ1) is 15.0. The Kier molecular flexibility index (Phi) is 3.96. The van der Waals surface area contributed by atoms with Crippen molar-refractivity contribution in [2.24, 2.45) is 0 Å². The average Bonchev–Trinajstić information content (AvgIpc) is 2.40. The third kappa shape index (κ3) is 3.20. The molecule has 0 heterocycles. The molecule has 2 rings (SSSR count). The van der Waals surface area contributed by atoms with Gasteiger partial charge in [0.05, 0.1) is 17.4 Å². The molecule has 0 unspecified atom stereocenters. The van der Waals surface area contributed by atoms with E-state index in [4.69, 9.17) is 11.0 Å². The van der Waals surface area contributed by atoms with Crippen LogP contribution in [0.2, 0.25) is 0 Å². The Labute approximate surface area is 122 Å². The highest BCUT2D eigenvalue weighted by Crippen LogP contribution is 2.23. The lowest BCUT2D eigenvalue weighted by molar-refractivity contribution is 0.567. The third-order valence-electron chi connectivity index (χ3n) is 3.11. The topological polar surface area (TPSA) is 84.0 Å². The summed E-state index contributed by atoms with van der Waals surface area (Å²) in [5.41, 5.74) is 7.24. The molecule has 0 bridgehead atoms. The van der Waals surface area contributed by atoms with Crippen LogP contribution in [-0.2, 0) is 15.6 Å². The zero-order valence-electron chi connectivity index (χ0n) is 11.3. The fourth-order valence-corrected chi connectivity index (χ4v) is 3.50. The van der Waals surface area contributed by atoms with Crippen LogP contribution in [-0.4, -0.2) is 8.42 Å². The lowest BCUT2D eigenvalue weighted by Gasteiger charge is -2.09. The first-order chi connectivity index (χ1) is 9.83. The lowest BCUT2D eigenvalue weighted by Crippen LogP contribution is -2.08. The summed E-state index contributed by atoms with van der Waals surface area (Å²) in [5, 5.41) is 8.80. The van der Waals surface area contributed by atoms with Gasteiger partial charge in [0.15, 0.2) is 9.84 Å². The third-order valence-corrected chi connectivity index (χ3v) is 4.80. The van der Waals surface area contributed by atoms with E-state index < -0.39 is 15.7 Å². The van der Waals surface area contributed by atoms with Gasteiger partial charge < -0.3 is 5.73 Å². The van der Waals surface area contributed by atoms with Crippen LogP contribution in [0, 0.1) is 24.1 Å². The molecule has 108 valence electrons. The van der Waals surface area contributed by atoms with Gasteiger partial charge in [-0.2, -0.15) is 5.26 Å². The number of sulfone groups is 1. The molecule has 0 saturated heterocycles. The molecule has 21 heavy (non-hydrogen) atoms. The zero-order valence-corrected chi connectivity index (χ0v) is 12.1. The van der Waals surface area contributed by atoms with Gasteiger partial charge in [0.2, 0.25) is 0 Å². The van der Waals surface area contributed by atoms with Gasteiger partial charge in [-0.3, -0.25) is 0 Å². The minimum absolute atomic E-state index is 0.168. The van der Waals surface area contributed by atoms with Gasteiger partial charge in [-0.05, 0) is 48.4 Å². The van der Waals surface area contributed by atoms with Crippen LogP contribution < -0.4 is 5.73 Å². The zero-order chi connectivity index (χ0) is 15.6. The minimum Gasteiger partial charge on any atom is -0.399 e. The summed E-state index contributed by atoms with van der Waals surface area (Å²) in [4.78, 5) is -0.375. The van der Waals surface area contributed by atoms with E-state index in [1.54, 1.807) is 19.1 Å². The number of rotatable bonds is 3. The van der Waals surface area contributed by atoms with Gasteiger partial charge >= 0.3 is 0 Å². The van der Waals surface area contributed by atoms with Gasteiger partial charge in [-0.1, -0.05) is 6.07 Å². The van der Waals surface area contributed by atoms with Crippen LogP contribution in [0.3, 0.4) is 0 Å². The Bertz CT molecular complexity index is 839. The van der Waals surface area contributed by atoms with E-state index in [2.05, 4.69) is 0 Å². The summed E-state index contributed by atoms with van der Waals surface area (Å²) in [6.45, 7) is 1.71. The molecule has 0 saturated carbocycles. The highest BCUT2D eigenvalue weighted by atomic mass is 32.2. The Morgan fingerprint density at radius 3 is 2.52 bits per heavy atom. The number of halogens is 1. The van der Waals surface area contributed by atoms with Crippen molar-refractivity contribution in [2.45, 2.75) is 17.6 Å². The first-order valence-corrected chi connectivity index (χ1v) is 7.76. The highest BCUT2D eigenvalue weighted by molar-refractivity contribution is 7.90. The van der Waals surface area contributed by atoms with E-state index in [-0.39, 0.29) is 16.3 Å². The fourth-order valence-electron chi connectivity index (χ4n) is 1.98. The van der Waals surface area contributed by atoms with Crippen LogP contribution in [0.4, 0.5) is 10.1 Å². The Morgan fingerprint density at radius 1 is 1.24 bits per heavy atom. The van der Waals surface area contributed by atoms with E-state index in [1.807, 2.05) is 6.07 Å². The van der Waals surface area contributed by atoms with E-state index in [1.165, 1.54) is 18.2 Å². The molecule has 0 fully saturated rings. The Morgan fingerprint density at radius 2 is 1.95 bits per heavy atom. The molecule has 0 aliphatic heterocycles. The van der Waals surface area contributed by atoms with Crippen LogP contribution in [0.15, 0.2) is 41.3 Å². The summed E-state index contributed by atoms with van der Waals surface area (Å²) >= 11 is 0. The number of benzene rings is 2. The average molecular weight is 304 g/mol. The molecule has 2 aromatic rings. The summed E-state index contributed by atoms with van der Waals surface area (Å²) in [6, 6.07) is 10.2. The van der Waals surface area contributed by atoms with Crippen LogP contribution >= 0.6 is 0 Å². The van der Waals surface area contributed by atoms with Crippen LogP contribution in [0.25, 0.3) is 0 Å². The predicted octanol–water partition coefficient (Wildman–Crippen LogP) is 2.56. The van der Waals surface area contributed by atoms with Gasteiger partial charge in [-0.15, -0.1) is 0 Å². The second-order valence-corrected chi connectivity index (χ2v) is 6.66. The molecule has 0 spiro atoms. The van der Waals surface area contributed by atoms with Crippen molar-refractivity contribution in [3.05, 3.63) is 58.9 Å². The van der Waals surface area contributed by atoms with Crippen molar-refractivity contribution in [1.29, 1.82) is 5.26 Å². The van der Waals surface area contributed by atoms with Crippen molar-refractivity contribution in [2.75, 3.05) is 5.73 Å². The highest BCUT2D eigenvalue weighted by Gasteiger charge is 2.20. The number of nitriles is 1. The van der Waals surface area contributed by atoms with E-state index >= 15 is 0 Å². The SMILES string of the molecule is Cc1cc(C#N)ccc1CS(=O)(=O)c1ccc(N)cc1F. The largest absolute Gasteiger partial charge is 0.399 e. The molecule has 0 aromatic heterocycles. The van der Waals surface area contributed by atoms with Gasteiger partial charge in [0, 0.05) is 5.69 Å². The molecule has 0 radical (unpaired) electrons. The van der Waals surface area contributed by atoms with Crippen molar-refractivity contribution in [3.8, 4) is 6.07 Å².